The van der Waals surface area contributed by atoms with Crippen molar-refractivity contribution in [2.75, 3.05) is 6.54 Å². The Kier molecular flexibility index (Phi) is 6.08. The molecule has 0 aliphatic carbocycles. The zero-order chi connectivity index (χ0) is 11.8. The SMILES string of the molecule is CCCCc1noc(CCC(C)CCN)n1. The molecule has 1 heterocycles. The van der Waals surface area contributed by atoms with Crippen molar-refractivity contribution >= 4 is 0 Å². The standard InChI is InChI=1S/C12H23N3O/c1-3-4-5-11-14-12(16-15-11)7-6-10(2)8-9-13/h10H,3-9,13H2,1-2H3. The van der Waals surface area contributed by atoms with Crippen LogP contribution < -0.4 is 5.73 Å². The number of aromatic nitrogens is 2. The van der Waals surface area contributed by atoms with Crippen molar-refractivity contribution in [2.24, 2.45) is 11.7 Å². The Labute approximate surface area is 97.6 Å². The Morgan fingerprint density at radius 3 is 2.81 bits per heavy atom. The first kappa shape index (κ1) is 13.2. The largest absolute Gasteiger partial charge is 0.339 e. The third-order valence-electron chi connectivity index (χ3n) is 2.77. The molecule has 2 N–H and O–H groups in total. The summed E-state index contributed by atoms with van der Waals surface area (Å²) in [5, 5.41) is 3.97. The van der Waals surface area contributed by atoms with Crippen molar-refractivity contribution in [3.8, 4) is 0 Å². The quantitative estimate of drug-likeness (QED) is 0.737. The summed E-state index contributed by atoms with van der Waals surface area (Å²) in [6.07, 6.45) is 6.24. The maximum Gasteiger partial charge on any atom is 0.226 e. The lowest BCUT2D eigenvalue weighted by Gasteiger charge is -2.06. The Morgan fingerprint density at radius 2 is 2.12 bits per heavy atom. The molecule has 0 aliphatic heterocycles. The minimum absolute atomic E-state index is 0.635. The van der Waals surface area contributed by atoms with Gasteiger partial charge in [-0.3, -0.25) is 0 Å². The Bertz CT molecular complexity index is 286. The molecule has 1 atom stereocenters. The van der Waals surface area contributed by atoms with E-state index in [1.807, 2.05) is 0 Å². The van der Waals surface area contributed by atoms with Gasteiger partial charge in [-0.05, 0) is 31.7 Å². The topological polar surface area (TPSA) is 64.9 Å². The highest BCUT2D eigenvalue weighted by Crippen LogP contribution is 2.11. The molecule has 0 radical (unpaired) electrons. The van der Waals surface area contributed by atoms with Crippen LogP contribution in [-0.2, 0) is 12.8 Å². The van der Waals surface area contributed by atoms with Crippen molar-refractivity contribution < 1.29 is 4.52 Å². The number of hydrogen-bond donors (Lipinski definition) is 1. The van der Waals surface area contributed by atoms with Crippen LogP contribution in [0.5, 0.6) is 0 Å². The summed E-state index contributed by atoms with van der Waals surface area (Å²) in [6.45, 7) is 5.13. The van der Waals surface area contributed by atoms with E-state index in [9.17, 15) is 0 Å². The van der Waals surface area contributed by atoms with Crippen molar-refractivity contribution in [2.45, 2.75) is 52.4 Å². The van der Waals surface area contributed by atoms with Crippen LogP contribution in [0, 0.1) is 5.92 Å². The van der Waals surface area contributed by atoms with Crippen LogP contribution in [0.3, 0.4) is 0 Å². The monoisotopic (exact) mass is 225 g/mol. The van der Waals surface area contributed by atoms with Crippen LogP contribution in [0.4, 0.5) is 0 Å². The predicted octanol–water partition coefficient (Wildman–Crippen LogP) is 2.33. The molecule has 4 heteroatoms. The maximum atomic E-state index is 5.51. The first-order valence-corrected chi connectivity index (χ1v) is 6.27. The number of nitrogens with two attached hydrogens (primary N) is 1. The van der Waals surface area contributed by atoms with Crippen molar-refractivity contribution in [3.05, 3.63) is 11.7 Å². The highest BCUT2D eigenvalue weighted by molar-refractivity contribution is 4.86. The summed E-state index contributed by atoms with van der Waals surface area (Å²) in [6, 6.07) is 0. The summed E-state index contributed by atoms with van der Waals surface area (Å²) < 4.78 is 5.20. The summed E-state index contributed by atoms with van der Waals surface area (Å²) in [5.41, 5.74) is 5.51. The molecule has 92 valence electrons. The molecule has 0 amide bonds. The maximum absolute atomic E-state index is 5.51. The third kappa shape index (κ3) is 4.75. The highest BCUT2D eigenvalue weighted by Gasteiger charge is 2.08. The number of aryl methyl sites for hydroxylation is 2. The van der Waals surface area contributed by atoms with Gasteiger partial charge in [0.05, 0.1) is 0 Å². The van der Waals surface area contributed by atoms with Gasteiger partial charge in [-0.2, -0.15) is 4.98 Å². The van der Waals surface area contributed by atoms with Gasteiger partial charge in [0.1, 0.15) is 0 Å². The highest BCUT2D eigenvalue weighted by atomic mass is 16.5. The molecule has 0 spiro atoms. The Balaban J connectivity index is 2.28. The zero-order valence-corrected chi connectivity index (χ0v) is 10.4. The molecule has 1 aromatic rings. The van der Waals surface area contributed by atoms with Crippen LogP contribution >= 0.6 is 0 Å². The molecule has 0 fully saturated rings. The van der Waals surface area contributed by atoms with Crippen LogP contribution in [-0.4, -0.2) is 16.7 Å². The molecule has 4 nitrogen and oxygen atoms in total. The van der Waals surface area contributed by atoms with Crippen LogP contribution in [0.25, 0.3) is 0 Å². The van der Waals surface area contributed by atoms with Crippen LogP contribution in [0.1, 0.15) is 51.2 Å². The van der Waals surface area contributed by atoms with Gasteiger partial charge in [0, 0.05) is 12.8 Å². The van der Waals surface area contributed by atoms with E-state index in [1.165, 1.54) is 0 Å². The predicted molar refractivity (Wildman–Crippen MR) is 64.1 cm³/mol. The minimum atomic E-state index is 0.635. The molecular weight excluding hydrogens is 202 g/mol. The molecule has 1 rings (SSSR count). The summed E-state index contributed by atoms with van der Waals surface area (Å²) in [7, 11) is 0. The number of hydrogen-bond acceptors (Lipinski definition) is 4. The van der Waals surface area contributed by atoms with E-state index in [0.717, 1.165) is 56.8 Å². The van der Waals surface area contributed by atoms with Crippen molar-refractivity contribution in [1.29, 1.82) is 0 Å². The van der Waals surface area contributed by atoms with E-state index < -0.39 is 0 Å². The van der Waals surface area contributed by atoms with Crippen molar-refractivity contribution in [1.82, 2.24) is 10.1 Å². The van der Waals surface area contributed by atoms with Gasteiger partial charge >= 0.3 is 0 Å². The van der Waals surface area contributed by atoms with E-state index in [4.69, 9.17) is 10.3 Å². The van der Waals surface area contributed by atoms with E-state index in [1.54, 1.807) is 0 Å². The van der Waals surface area contributed by atoms with Gasteiger partial charge < -0.3 is 10.3 Å². The van der Waals surface area contributed by atoms with E-state index in [-0.39, 0.29) is 0 Å². The number of unbranched alkanes of at least 4 members (excludes halogenated alkanes) is 1. The van der Waals surface area contributed by atoms with Gasteiger partial charge in [0.25, 0.3) is 0 Å². The minimum Gasteiger partial charge on any atom is -0.339 e. The molecular formula is C12H23N3O. The molecule has 1 unspecified atom stereocenters. The van der Waals surface area contributed by atoms with Crippen LogP contribution in [0.15, 0.2) is 4.52 Å². The summed E-state index contributed by atoms with van der Waals surface area (Å²) >= 11 is 0. The third-order valence-corrected chi connectivity index (χ3v) is 2.77. The second-order valence-corrected chi connectivity index (χ2v) is 4.43. The number of rotatable bonds is 8. The second-order valence-electron chi connectivity index (χ2n) is 4.43. The van der Waals surface area contributed by atoms with Gasteiger partial charge in [-0.25, -0.2) is 0 Å². The Hall–Kier alpha value is -0.900. The van der Waals surface area contributed by atoms with Crippen molar-refractivity contribution in [3.63, 3.8) is 0 Å². The van der Waals surface area contributed by atoms with Gasteiger partial charge in [0.15, 0.2) is 5.82 Å². The molecule has 16 heavy (non-hydrogen) atoms. The normalized spacial score (nSPS) is 12.9. The van der Waals surface area contributed by atoms with E-state index in [0.29, 0.717) is 5.92 Å². The fraction of sp³-hybridized carbons (Fsp3) is 0.833. The van der Waals surface area contributed by atoms with Gasteiger partial charge in [-0.1, -0.05) is 25.4 Å². The molecule has 0 aliphatic rings. The van der Waals surface area contributed by atoms with E-state index >= 15 is 0 Å². The van der Waals surface area contributed by atoms with Gasteiger partial charge in [0.2, 0.25) is 5.89 Å². The molecule has 0 saturated carbocycles. The molecule has 0 saturated heterocycles. The summed E-state index contributed by atoms with van der Waals surface area (Å²) in [5.74, 6) is 2.26. The number of nitrogens with zero attached hydrogens (tertiary/aromatic N) is 2. The summed E-state index contributed by atoms with van der Waals surface area (Å²) in [4.78, 5) is 4.37. The lowest BCUT2D eigenvalue weighted by atomic mass is 10.0. The zero-order valence-electron chi connectivity index (χ0n) is 10.4. The fourth-order valence-corrected chi connectivity index (χ4v) is 1.63. The smallest absolute Gasteiger partial charge is 0.226 e. The Morgan fingerprint density at radius 1 is 1.31 bits per heavy atom. The van der Waals surface area contributed by atoms with Crippen LogP contribution in [0.2, 0.25) is 0 Å². The second kappa shape index (κ2) is 7.39. The average molecular weight is 225 g/mol. The lowest BCUT2D eigenvalue weighted by molar-refractivity contribution is 0.358. The first-order chi connectivity index (χ1) is 7.76. The lowest BCUT2D eigenvalue weighted by Crippen LogP contribution is -2.06. The molecule has 0 bridgehead atoms. The first-order valence-electron chi connectivity index (χ1n) is 6.27. The average Bonchev–Trinajstić information content (AvgIpc) is 2.72. The van der Waals surface area contributed by atoms with Gasteiger partial charge in [-0.15, -0.1) is 0 Å². The fourth-order valence-electron chi connectivity index (χ4n) is 1.63. The van der Waals surface area contributed by atoms with E-state index in [2.05, 4.69) is 24.0 Å². The molecule has 1 aromatic heterocycles. The molecule has 0 aromatic carbocycles.